The molecule has 5 heteroatoms. The van der Waals surface area contributed by atoms with Crippen LogP contribution in [0.2, 0.25) is 5.02 Å². The Balaban J connectivity index is 2.60. The van der Waals surface area contributed by atoms with Gasteiger partial charge in [0.1, 0.15) is 5.82 Å². The highest BCUT2D eigenvalue weighted by atomic mass is 35.5. The Hall–Kier alpha value is -1.81. The summed E-state index contributed by atoms with van der Waals surface area (Å²) in [4.78, 5) is 15.3. The summed E-state index contributed by atoms with van der Waals surface area (Å²) in [6.45, 7) is 5.60. The average Bonchev–Trinajstić information content (AvgIpc) is 2.57. The number of nitrogens with zero attached hydrogens (tertiary/aromatic N) is 2. The lowest BCUT2D eigenvalue weighted by atomic mass is 10.2. The van der Waals surface area contributed by atoms with Crippen LogP contribution in [0, 0.1) is 20.8 Å². The lowest BCUT2D eigenvalue weighted by molar-refractivity contribution is -0.136. The SMILES string of the molecule is Cc1ccc(-n2c(C)nc(C)c2CC(=O)O)cc1Cl. The molecule has 0 bridgehead atoms. The lowest BCUT2D eigenvalue weighted by Gasteiger charge is -2.11. The number of aryl methyl sites for hydroxylation is 3. The summed E-state index contributed by atoms with van der Waals surface area (Å²) in [7, 11) is 0. The van der Waals surface area contributed by atoms with Gasteiger partial charge in [-0.05, 0) is 38.5 Å². The molecule has 0 aliphatic carbocycles. The van der Waals surface area contributed by atoms with Crippen LogP contribution < -0.4 is 0 Å². The highest BCUT2D eigenvalue weighted by Gasteiger charge is 2.16. The van der Waals surface area contributed by atoms with E-state index in [9.17, 15) is 4.79 Å². The Kier molecular flexibility index (Phi) is 3.62. The molecule has 0 saturated heterocycles. The third-order valence-electron chi connectivity index (χ3n) is 3.07. The van der Waals surface area contributed by atoms with Crippen molar-refractivity contribution in [3.8, 4) is 5.69 Å². The van der Waals surface area contributed by atoms with Crippen LogP contribution in [-0.2, 0) is 11.2 Å². The van der Waals surface area contributed by atoms with Crippen molar-refractivity contribution in [2.24, 2.45) is 0 Å². The first-order valence-corrected chi connectivity index (χ1v) is 6.31. The number of hydrogen-bond donors (Lipinski definition) is 1. The van der Waals surface area contributed by atoms with Crippen LogP contribution in [0.1, 0.15) is 22.8 Å². The molecule has 2 rings (SSSR count). The first kappa shape index (κ1) is 13.6. The standard InChI is InChI=1S/C14H15ClN2O2/c1-8-4-5-11(6-12(8)15)17-10(3)16-9(2)13(17)7-14(18)19/h4-6H,7H2,1-3H3,(H,18,19). The molecule has 0 saturated carbocycles. The molecule has 1 heterocycles. The number of carboxylic acids is 1. The van der Waals surface area contributed by atoms with Gasteiger partial charge in [0.15, 0.2) is 0 Å². The number of aliphatic carboxylic acids is 1. The monoisotopic (exact) mass is 278 g/mol. The average molecular weight is 279 g/mol. The van der Waals surface area contributed by atoms with Crippen LogP contribution in [0.15, 0.2) is 18.2 Å². The van der Waals surface area contributed by atoms with Gasteiger partial charge >= 0.3 is 5.97 Å². The highest BCUT2D eigenvalue weighted by Crippen LogP contribution is 2.23. The number of aromatic nitrogens is 2. The Bertz CT molecular complexity index is 647. The summed E-state index contributed by atoms with van der Waals surface area (Å²) < 4.78 is 1.84. The zero-order valence-corrected chi connectivity index (χ0v) is 11.8. The largest absolute Gasteiger partial charge is 0.481 e. The second-order valence-corrected chi connectivity index (χ2v) is 4.94. The van der Waals surface area contributed by atoms with E-state index in [4.69, 9.17) is 16.7 Å². The molecule has 0 aliphatic rings. The van der Waals surface area contributed by atoms with E-state index < -0.39 is 5.97 Å². The maximum absolute atomic E-state index is 11.0. The van der Waals surface area contributed by atoms with E-state index in [0.29, 0.717) is 10.7 Å². The van der Waals surface area contributed by atoms with Crippen molar-refractivity contribution in [2.45, 2.75) is 27.2 Å². The van der Waals surface area contributed by atoms with E-state index in [1.54, 1.807) is 0 Å². The van der Waals surface area contributed by atoms with E-state index in [1.807, 2.05) is 43.5 Å². The van der Waals surface area contributed by atoms with Gasteiger partial charge in [0.05, 0.1) is 17.8 Å². The van der Waals surface area contributed by atoms with Crippen LogP contribution in [0.3, 0.4) is 0 Å². The molecule has 0 atom stereocenters. The first-order chi connectivity index (χ1) is 8.90. The number of carbonyl (C=O) groups is 1. The van der Waals surface area contributed by atoms with E-state index in [2.05, 4.69) is 4.98 Å². The summed E-state index contributed by atoms with van der Waals surface area (Å²) in [5.74, 6) is -0.115. The number of rotatable bonds is 3. The predicted molar refractivity (Wildman–Crippen MR) is 74.1 cm³/mol. The van der Waals surface area contributed by atoms with E-state index >= 15 is 0 Å². The molecular formula is C14H15ClN2O2. The van der Waals surface area contributed by atoms with Gasteiger partial charge in [0, 0.05) is 10.7 Å². The summed E-state index contributed by atoms with van der Waals surface area (Å²) in [6, 6.07) is 5.66. The second kappa shape index (κ2) is 5.05. The Labute approximate surface area is 116 Å². The quantitative estimate of drug-likeness (QED) is 0.939. The minimum atomic E-state index is -0.873. The van der Waals surface area contributed by atoms with Crippen molar-refractivity contribution in [3.63, 3.8) is 0 Å². The van der Waals surface area contributed by atoms with Crippen molar-refractivity contribution in [2.75, 3.05) is 0 Å². The van der Waals surface area contributed by atoms with Crippen molar-refractivity contribution in [1.82, 2.24) is 9.55 Å². The molecule has 0 spiro atoms. The van der Waals surface area contributed by atoms with Crippen molar-refractivity contribution >= 4 is 17.6 Å². The zero-order chi connectivity index (χ0) is 14.2. The normalized spacial score (nSPS) is 10.7. The minimum absolute atomic E-state index is 0.0574. The van der Waals surface area contributed by atoms with Crippen LogP contribution in [0.5, 0.6) is 0 Å². The minimum Gasteiger partial charge on any atom is -0.481 e. The molecular weight excluding hydrogens is 264 g/mol. The molecule has 1 N–H and O–H groups in total. The van der Waals surface area contributed by atoms with Gasteiger partial charge in [-0.15, -0.1) is 0 Å². The summed E-state index contributed by atoms with van der Waals surface area (Å²) in [6.07, 6.45) is -0.0574. The lowest BCUT2D eigenvalue weighted by Crippen LogP contribution is -2.09. The number of benzene rings is 1. The van der Waals surface area contributed by atoms with Gasteiger partial charge in [-0.2, -0.15) is 0 Å². The smallest absolute Gasteiger partial charge is 0.309 e. The van der Waals surface area contributed by atoms with E-state index in [0.717, 1.165) is 22.8 Å². The zero-order valence-electron chi connectivity index (χ0n) is 11.1. The maximum Gasteiger partial charge on any atom is 0.309 e. The fourth-order valence-electron chi connectivity index (χ4n) is 2.13. The highest BCUT2D eigenvalue weighted by molar-refractivity contribution is 6.31. The molecule has 0 aliphatic heterocycles. The molecule has 0 amide bonds. The van der Waals surface area contributed by atoms with Crippen molar-refractivity contribution in [3.05, 3.63) is 46.0 Å². The Morgan fingerprint density at radius 3 is 2.63 bits per heavy atom. The fourth-order valence-corrected chi connectivity index (χ4v) is 2.30. The molecule has 0 fully saturated rings. The first-order valence-electron chi connectivity index (χ1n) is 5.93. The molecule has 0 unspecified atom stereocenters. The molecule has 19 heavy (non-hydrogen) atoms. The van der Waals surface area contributed by atoms with Crippen LogP contribution in [-0.4, -0.2) is 20.6 Å². The van der Waals surface area contributed by atoms with Crippen LogP contribution in [0.25, 0.3) is 5.69 Å². The molecule has 4 nitrogen and oxygen atoms in total. The molecule has 0 radical (unpaired) electrons. The molecule has 100 valence electrons. The summed E-state index contributed by atoms with van der Waals surface area (Å²) in [5.41, 5.74) is 3.24. The Morgan fingerprint density at radius 1 is 1.37 bits per heavy atom. The molecule has 1 aromatic heterocycles. The van der Waals surface area contributed by atoms with Crippen LogP contribution in [0.4, 0.5) is 0 Å². The summed E-state index contributed by atoms with van der Waals surface area (Å²) >= 11 is 6.13. The topological polar surface area (TPSA) is 55.1 Å². The fraction of sp³-hybridized carbons (Fsp3) is 0.286. The maximum atomic E-state index is 11.0. The number of halogens is 1. The Morgan fingerprint density at radius 2 is 2.05 bits per heavy atom. The van der Waals surface area contributed by atoms with E-state index in [-0.39, 0.29) is 6.42 Å². The van der Waals surface area contributed by atoms with Gasteiger partial charge in [-0.1, -0.05) is 17.7 Å². The van der Waals surface area contributed by atoms with Crippen molar-refractivity contribution in [1.29, 1.82) is 0 Å². The number of carboxylic acid groups (broad SMARTS) is 1. The molecule has 2 aromatic rings. The number of imidazole rings is 1. The molecule has 1 aromatic carbocycles. The third-order valence-corrected chi connectivity index (χ3v) is 3.48. The second-order valence-electron chi connectivity index (χ2n) is 4.53. The third kappa shape index (κ3) is 2.63. The van der Waals surface area contributed by atoms with Gasteiger partial charge in [0.2, 0.25) is 0 Å². The van der Waals surface area contributed by atoms with E-state index in [1.165, 1.54) is 0 Å². The van der Waals surface area contributed by atoms with Crippen LogP contribution >= 0.6 is 11.6 Å². The van der Waals surface area contributed by atoms with Gasteiger partial charge < -0.3 is 9.67 Å². The van der Waals surface area contributed by atoms with Crippen molar-refractivity contribution < 1.29 is 9.90 Å². The van der Waals surface area contributed by atoms with Gasteiger partial charge in [-0.3, -0.25) is 4.79 Å². The predicted octanol–water partition coefficient (Wildman–Crippen LogP) is 3.08. The summed E-state index contributed by atoms with van der Waals surface area (Å²) in [5, 5.41) is 9.66. The van der Waals surface area contributed by atoms with Gasteiger partial charge in [0.25, 0.3) is 0 Å². The number of hydrogen-bond acceptors (Lipinski definition) is 2. The van der Waals surface area contributed by atoms with Gasteiger partial charge in [-0.25, -0.2) is 4.98 Å².